The Hall–Kier alpha value is -6.66. The average molecular weight is 765 g/mol. The Balaban J connectivity index is 0.000000248. The fourth-order valence-corrected chi connectivity index (χ4v) is 4.87. The largest absolute Gasteiger partial charge is 0.486 e. The number of hydrogen-bond donors (Lipinski definition) is 2. The molecule has 0 bridgehead atoms. The van der Waals surface area contributed by atoms with Crippen LogP contribution in [0.4, 0.5) is 0 Å². The van der Waals surface area contributed by atoms with Crippen molar-refractivity contribution in [1.29, 1.82) is 0 Å². The van der Waals surface area contributed by atoms with E-state index < -0.39 is 29.6 Å². The number of ether oxygens (including phenoxy) is 2. The van der Waals surface area contributed by atoms with Gasteiger partial charge in [0.15, 0.2) is 24.5 Å². The molecule has 1 atom stereocenters. The van der Waals surface area contributed by atoms with Gasteiger partial charge < -0.3 is 28.5 Å². The number of carboxylic acid groups (broad SMARTS) is 1. The maximum Gasteiger partial charge on any atom is 0.347 e. The normalized spacial score (nSPS) is 10.7. The summed E-state index contributed by atoms with van der Waals surface area (Å²) in [4.78, 5) is 69.8. The van der Waals surface area contributed by atoms with Crippen LogP contribution in [0.3, 0.4) is 0 Å². The molecule has 0 spiro atoms. The fraction of sp³-hybridized carbons (Fsp3) is 0.227. The number of aliphatic carboxylic acids is 1. The lowest BCUT2D eigenvalue weighted by Gasteiger charge is -2.05. The molecule has 0 fully saturated rings. The minimum Gasteiger partial charge on any atom is -0.486 e. The molecule has 4 aromatic carbocycles. The zero-order valence-electron chi connectivity index (χ0n) is 31.6. The third-order valence-electron chi connectivity index (χ3n) is 7.98. The highest BCUT2D eigenvalue weighted by Gasteiger charge is 2.17. The van der Waals surface area contributed by atoms with Crippen molar-refractivity contribution < 1.29 is 47.7 Å². The van der Waals surface area contributed by atoms with Gasteiger partial charge in [0, 0.05) is 40.6 Å². The molecule has 56 heavy (non-hydrogen) atoms. The molecule has 2 aromatic heterocycles. The summed E-state index contributed by atoms with van der Waals surface area (Å²) in [5, 5.41) is 18.1. The van der Waals surface area contributed by atoms with E-state index in [4.69, 9.17) is 28.5 Å². The zero-order valence-corrected chi connectivity index (χ0v) is 31.6. The number of carbonyl (C=O) groups excluding carboxylic acids is 3. The van der Waals surface area contributed by atoms with Crippen LogP contribution in [0.2, 0.25) is 0 Å². The monoisotopic (exact) mass is 764 g/mol. The lowest BCUT2D eigenvalue weighted by Crippen LogP contribution is -2.14. The fourth-order valence-electron chi connectivity index (χ4n) is 4.87. The van der Waals surface area contributed by atoms with E-state index in [9.17, 15) is 28.8 Å². The number of aliphatic hydroxyl groups excluding tert-OH is 1. The van der Waals surface area contributed by atoms with Crippen LogP contribution in [0, 0.1) is 5.92 Å². The summed E-state index contributed by atoms with van der Waals surface area (Å²) >= 11 is 0. The van der Waals surface area contributed by atoms with Crippen LogP contribution < -0.4 is 20.7 Å². The van der Waals surface area contributed by atoms with E-state index >= 15 is 0 Å². The topological polar surface area (TPSA) is 188 Å². The molecule has 292 valence electrons. The number of ketones is 2. The van der Waals surface area contributed by atoms with Crippen molar-refractivity contribution in [2.24, 2.45) is 5.92 Å². The summed E-state index contributed by atoms with van der Waals surface area (Å²) in [6.45, 7) is 8.05. The van der Waals surface area contributed by atoms with Gasteiger partial charge in [0.2, 0.25) is 0 Å². The summed E-state index contributed by atoms with van der Waals surface area (Å²) < 4.78 is 20.6. The van der Waals surface area contributed by atoms with Crippen molar-refractivity contribution in [1.82, 2.24) is 0 Å². The number of aldehydes is 1. The van der Waals surface area contributed by atoms with Crippen molar-refractivity contribution in [3.05, 3.63) is 152 Å². The maximum absolute atomic E-state index is 12.4. The summed E-state index contributed by atoms with van der Waals surface area (Å²) in [5.74, 6) is -0.546. The van der Waals surface area contributed by atoms with E-state index in [0.29, 0.717) is 52.0 Å². The standard InChI is InChI=1S/C18H12O6.C18H12O5.C6H14O.C2H6/c19-16(20)10-23-13-7-6-12-8-14(18(22)24-15(12)9-13)17(21)11-4-2-1-3-5-11;19-8-9-22-14-7-6-13-10-15(18(21)23-16(13)11-14)17(20)12-4-2-1-3-5-12;1-3-6(2)4-5-7;1-2/h1-9H,10H2,(H,19,20);1-8,10-11H,9H2;6-7H,3-5H2,1-2H3;1-2H3. The lowest BCUT2D eigenvalue weighted by atomic mass is 10.0. The second kappa shape index (κ2) is 22.5. The van der Waals surface area contributed by atoms with Gasteiger partial charge in [0.05, 0.1) is 0 Å². The van der Waals surface area contributed by atoms with Gasteiger partial charge in [-0.25, -0.2) is 14.4 Å². The second-order valence-electron chi connectivity index (χ2n) is 11.9. The van der Waals surface area contributed by atoms with Crippen molar-refractivity contribution in [3.8, 4) is 11.5 Å². The maximum atomic E-state index is 12.4. The first-order chi connectivity index (χ1) is 27.0. The van der Waals surface area contributed by atoms with E-state index in [1.807, 2.05) is 13.8 Å². The highest BCUT2D eigenvalue weighted by atomic mass is 16.5. The first kappa shape index (κ1) is 43.7. The number of carboxylic acids is 1. The van der Waals surface area contributed by atoms with Crippen LogP contribution in [0.5, 0.6) is 11.5 Å². The molecule has 0 radical (unpaired) electrons. The van der Waals surface area contributed by atoms with E-state index in [-0.39, 0.29) is 34.8 Å². The van der Waals surface area contributed by atoms with Crippen molar-refractivity contribution in [2.45, 2.75) is 40.5 Å². The quantitative estimate of drug-likeness (QED) is 0.0670. The molecule has 12 nitrogen and oxygen atoms in total. The average Bonchev–Trinajstić information content (AvgIpc) is 3.23. The van der Waals surface area contributed by atoms with Crippen LogP contribution in [0.1, 0.15) is 72.4 Å². The number of hydrogen-bond acceptors (Lipinski definition) is 11. The molecule has 0 aliphatic heterocycles. The van der Waals surface area contributed by atoms with Crippen LogP contribution in [-0.4, -0.2) is 53.9 Å². The van der Waals surface area contributed by atoms with E-state index in [1.165, 1.54) is 30.7 Å². The minimum absolute atomic E-state index is 0.0229. The molecule has 6 rings (SSSR count). The van der Waals surface area contributed by atoms with Crippen molar-refractivity contribution in [3.63, 3.8) is 0 Å². The molecule has 2 heterocycles. The van der Waals surface area contributed by atoms with Gasteiger partial charge in [-0.05, 0) is 48.7 Å². The predicted octanol–water partition coefficient (Wildman–Crippen LogP) is 7.53. The predicted molar refractivity (Wildman–Crippen MR) is 212 cm³/mol. The first-order valence-corrected chi connectivity index (χ1v) is 17.9. The Morgan fingerprint density at radius 1 is 0.696 bits per heavy atom. The van der Waals surface area contributed by atoms with Crippen molar-refractivity contribution in [2.75, 3.05) is 19.8 Å². The number of fused-ring (bicyclic) bond motifs is 2. The van der Waals surface area contributed by atoms with Crippen LogP contribution in [0.25, 0.3) is 21.9 Å². The molecule has 0 saturated carbocycles. The van der Waals surface area contributed by atoms with Gasteiger partial charge in [-0.3, -0.25) is 14.4 Å². The molecule has 2 N–H and O–H groups in total. The zero-order chi connectivity index (χ0) is 41.0. The third kappa shape index (κ3) is 12.7. The Labute approximate surface area is 322 Å². The van der Waals surface area contributed by atoms with Gasteiger partial charge in [-0.1, -0.05) is 94.8 Å². The van der Waals surface area contributed by atoms with E-state index in [2.05, 4.69) is 13.8 Å². The van der Waals surface area contributed by atoms with Gasteiger partial charge >= 0.3 is 17.2 Å². The summed E-state index contributed by atoms with van der Waals surface area (Å²) in [5.41, 5.74) is -0.227. The Morgan fingerprint density at radius 3 is 1.52 bits per heavy atom. The second-order valence-corrected chi connectivity index (χ2v) is 11.9. The smallest absolute Gasteiger partial charge is 0.347 e. The van der Waals surface area contributed by atoms with Crippen LogP contribution >= 0.6 is 0 Å². The first-order valence-electron chi connectivity index (χ1n) is 17.9. The highest BCUT2D eigenvalue weighted by Crippen LogP contribution is 2.23. The van der Waals surface area contributed by atoms with Gasteiger partial charge in [0.1, 0.15) is 40.4 Å². The highest BCUT2D eigenvalue weighted by molar-refractivity contribution is 6.10. The SMILES string of the molecule is CC.CCC(C)CCO.O=C(O)COc1ccc2cc(C(=O)c3ccccc3)c(=O)oc2c1.O=CCOc1ccc2cc(C(=O)c3ccccc3)c(=O)oc2c1. The molecular weight excluding hydrogens is 720 g/mol. The minimum atomic E-state index is -1.11. The number of aliphatic hydroxyl groups is 1. The Morgan fingerprint density at radius 2 is 1.14 bits per heavy atom. The third-order valence-corrected chi connectivity index (χ3v) is 7.98. The van der Waals surface area contributed by atoms with Crippen LogP contribution in [0.15, 0.2) is 128 Å². The molecular formula is C44H44O12. The molecule has 0 aliphatic carbocycles. The van der Waals surface area contributed by atoms with Crippen molar-refractivity contribution >= 4 is 45.8 Å². The van der Waals surface area contributed by atoms with E-state index in [0.717, 1.165) is 6.42 Å². The molecule has 6 aromatic rings. The molecule has 0 aliphatic rings. The summed E-state index contributed by atoms with van der Waals surface area (Å²) in [7, 11) is 0. The molecule has 12 heteroatoms. The lowest BCUT2D eigenvalue weighted by molar-refractivity contribution is -0.139. The van der Waals surface area contributed by atoms with Gasteiger partial charge in [0.25, 0.3) is 0 Å². The van der Waals surface area contributed by atoms with Crippen LogP contribution in [-0.2, 0) is 9.59 Å². The molecule has 1 unspecified atom stereocenters. The van der Waals surface area contributed by atoms with Gasteiger partial charge in [-0.2, -0.15) is 0 Å². The molecule has 0 saturated heterocycles. The Kier molecular flexibility index (Phi) is 17.6. The Bertz CT molecular complexity index is 2330. The number of benzene rings is 4. The number of rotatable bonds is 13. The summed E-state index contributed by atoms with van der Waals surface area (Å²) in [6.07, 6.45) is 2.76. The number of carbonyl (C=O) groups is 4. The molecule has 0 amide bonds. The van der Waals surface area contributed by atoms with Gasteiger partial charge in [-0.15, -0.1) is 0 Å². The summed E-state index contributed by atoms with van der Waals surface area (Å²) in [6, 6.07) is 29.3. The van der Waals surface area contributed by atoms with E-state index in [1.54, 1.807) is 84.9 Å².